The van der Waals surface area contributed by atoms with Crippen molar-refractivity contribution in [3.8, 4) is 12.1 Å². The molecule has 3 rings (SSSR count). The van der Waals surface area contributed by atoms with E-state index in [0.29, 0.717) is 24.7 Å². The molecule has 0 unspecified atom stereocenters. The molecule has 0 spiro atoms. The van der Waals surface area contributed by atoms with E-state index in [-0.39, 0.29) is 11.9 Å². The Morgan fingerprint density at radius 1 is 1.24 bits per heavy atom. The topological polar surface area (TPSA) is 96.0 Å². The van der Waals surface area contributed by atoms with Crippen LogP contribution in [-0.4, -0.2) is 54.1 Å². The summed E-state index contributed by atoms with van der Waals surface area (Å²) in [5, 5.41) is 21.2. The summed E-state index contributed by atoms with van der Waals surface area (Å²) in [7, 11) is 0. The number of nitriles is 2. The zero-order valence-electron chi connectivity index (χ0n) is 14.2. The summed E-state index contributed by atoms with van der Waals surface area (Å²) in [6.45, 7) is 2.74. The number of piperidine rings is 1. The van der Waals surface area contributed by atoms with Crippen LogP contribution >= 0.6 is 0 Å². The van der Waals surface area contributed by atoms with Crippen molar-refractivity contribution >= 4 is 11.7 Å². The number of nitrogens with one attached hydrogen (secondary N) is 1. The average molecular weight is 338 g/mol. The van der Waals surface area contributed by atoms with Gasteiger partial charge in [-0.3, -0.25) is 4.79 Å². The van der Waals surface area contributed by atoms with Crippen LogP contribution in [-0.2, 0) is 4.79 Å². The van der Waals surface area contributed by atoms with Gasteiger partial charge in [-0.2, -0.15) is 10.5 Å². The van der Waals surface area contributed by atoms with Crippen molar-refractivity contribution in [2.45, 2.75) is 37.8 Å². The molecular formula is C18H22N6O. The molecular weight excluding hydrogens is 316 g/mol. The maximum absolute atomic E-state index is 12.3. The average Bonchev–Trinajstić information content (AvgIpc) is 3.15. The summed E-state index contributed by atoms with van der Waals surface area (Å²) in [4.78, 5) is 20.5. The van der Waals surface area contributed by atoms with Crippen LogP contribution in [0.15, 0.2) is 18.3 Å². The summed E-state index contributed by atoms with van der Waals surface area (Å²) in [5.74, 6) is 0.919. The van der Waals surface area contributed by atoms with Gasteiger partial charge in [-0.05, 0) is 37.8 Å². The van der Waals surface area contributed by atoms with Crippen LogP contribution in [0.2, 0.25) is 0 Å². The standard InChI is InChI=1S/C18H22N6O/c19-10-14-3-4-17(22-12-14)23-8-5-15(6-9-23)21-13-18(25)24-7-1-2-16(24)11-20/h3-4,12,15-16,21H,1-2,5-9,13H2/t16-/m0/s1. The molecule has 2 saturated heterocycles. The third-order valence-corrected chi connectivity index (χ3v) is 4.96. The first-order chi connectivity index (χ1) is 12.2. The molecule has 1 amide bonds. The van der Waals surface area contributed by atoms with Gasteiger partial charge in [-0.15, -0.1) is 0 Å². The number of carbonyl (C=O) groups is 1. The van der Waals surface area contributed by atoms with Gasteiger partial charge in [0.2, 0.25) is 5.91 Å². The second-order valence-corrected chi connectivity index (χ2v) is 6.53. The number of hydrogen-bond acceptors (Lipinski definition) is 6. The number of hydrogen-bond donors (Lipinski definition) is 1. The SMILES string of the molecule is N#Cc1ccc(N2CCC(NCC(=O)N3CCC[C@H]3C#N)CC2)nc1. The molecule has 7 heteroatoms. The minimum absolute atomic E-state index is 0.0280. The van der Waals surface area contributed by atoms with Gasteiger partial charge >= 0.3 is 0 Å². The second-order valence-electron chi connectivity index (χ2n) is 6.53. The maximum atomic E-state index is 12.3. The molecule has 1 N–H and O–H groups in total. The number of pyridine rings is 1. The highest BCUT2D eigenvalue weighted by atomic mass is 16.2. The van der Waals surface area contributed by atoms with Crippen molar-refractivity contribution in [3.63, 3.8) is 0 Å². The molecule has 7 nitrogen and oxygen atoms in total. The Kier molecular flexibility index (Phi) is 5.47. The Hall–Kier alpha value is -2.64. The Balaban J connectivity index is 1.44. The first-order valence-electron chi connectivity index (χ1n) is 8.75. The van der Waals surface area contributed by atoms with Crippen LogP contribution in [0.25, 0.3) is 0 Å². The van der Waals surface area contributed by atoms with E-state index in [0.717, 1.165) is 44.6 Å². The molecule has 0 radical (unpaired) electrons. The van der Waals surface area contributed by atoms with E-state index in [1.807, 2.05) is 6.07 Å². The summed E-state index contributed by atoms with van der Waals surface area (Å²) < 4.78 is 0. The molecule has 0 aliphatic carbocycles. The van der Waals surface area contributed by atoms with E-state index in [1.165, 1.54) is 0 Å². The van der Waals surface area contributed by atoms with Crippen molar-refractivity contribution in [3.05, 3.63) is 23.9 Å². The summed E-state index contributed by atoms with van der Waals surface area (Å²) >= 11 is 0. The summed E-state index contributed by atoms with van der Waals surface area (Å²) in [6, 6.07) is 8.00. The summed E-state index contributed by atoms with van der Waals surface area (Å²) in [6.07, 6.45) is 5.19. The van der Waals surface area contributed by atoms with Crippen LogP contribution in [0.4, 0.5) is 5.82 Å². The molecule has 3 heterocycles. The number of rotatable bonds is 4. The van der Waals surface area contributed by atoms with E-state index in [4.69, 9.17) is 10.5 Å². The lowest BCUT2D eigenvalue weighted by Gasteiger charge is -2.33. The number of anilines is 1. The van der Waals surface area contributed by atoms with Gasteiger partial charge < -0.3 is 15.1 Å². The fourth-order valence-electron chi connectivity index (χ4n) is 3.48. The lowest BCUT2D eigenvalue weighted by atomic mass is 10.0. The van der Waals surface area contributed by atoms with Gasteiger partial charge in [0.1, 0.15) is 17.9 Å². The molecule has 1 aromatic rings. The van der Waals surface area contributed by atoms with Gasteiger partial charge in [0, 0.05) is 31.9 Å². The van der Waals surface area contributed by atoms with Gasteiger partial charge in [0.05, 0.1) is 18.2 Å². The number of carbonyl (C=O) groups excluding carboxylic acids is 1. The second kappa shape index (κ2) is 7.96. The lowest BCUT2D eigenvalue weighted by molar-refractivity contribution is -0.130. The molecule has 130 valence electrons. The Morgan fingerprint density at radius 3 is 2.68 bits per heavy atom. The first kappa shape index (κ1) is 17.2. The fourth-order valence-corrected chi connectivity index (χ4v) is 3.48. The molecule has 0 aromatic carbocycles. The molecule has 2 aliphatic rings. The Morgan fingerprint density at radius 2 is 2.04 bits per heavy atom. The molecule has 0 bridgehead atoms. The lowest BCUT2D eigenvalue weighted by Crippen LogP contribution is -2.47. The smallest absolute Gasteiger partial charge is 0.237 e. The maximum Gasteiger partial charge on any atom is 0.237 e. The van der Waals surface area contributed by atoms with Gasteiger partial charge in [-0.1, -0.05) is 0 Å². The number of aromatic nitrogens is 1. The molecule has 0 saturated carbocycles. The van der Waals surface area contributed by atoms with Crippen molar-refractivity contribution < 1.29 is 4.79 Å². The first-order valence-corrected chi connectivity index (χ1v) is 8.75. The third kappa shape index (κ3) is 4.07. The van der Waals surface area contributed by atoms with Crippen molar-refractivity contribution in [2.24, 2.45) is 0 Å². The monoisotopic (exact) mass is 338 g/mol. The van der Waals surface area contributed by atoms with Crippen molar-refractivity contribution in [1.29, 1.82) is 10.5 Å². The Labute approximate surface area is 147 Å². The van der Waals surface area contributed by atoms with E-state index >= 15 is 0 Å². The third-order valence-electron chi connectivity index (χ3n) is 4.96. The van der Waals surface area contributed by atoms with Crippen molar-refractivity contribution in [1.82, 2.24) is 15.2 Å². The van der Waals surface area contributed by atoms with Crippen LogP contribution < -0.4 is 10.2 Å². The van der Waals surface area contributed by atoms with E-state index in [9.17, 15) is 4.79 Å². The normalized spacial score (nSPS) is 21.0. The predicted molar refractivity (Wildman–Crippen MR) is 92.5 cm³/mol. The zero-order valence-corrected chi connectivity index (χ0v) is 14.2. The van der Waals surface area contributed by atoms with Gasteiger partial charge in [0.15, 0.2) is 0 Å². The highest BCUT2D eigenvalue weighted by Crippen LogP contribution is 2.19. The van der Waals surface area contributed by atoms with E-state index in [1.54, 1.807) is 17.2 Å². The zero-order chi connectivity index (χ0) is 17.6. The molecule has 25 heavy (non-hydrogen) atoms. The van der Waals surface area contributed by atoms with E-state index in [2.05, 4.69) is 27.3 Å². The molecule has 2 aliphatic heterocycles. The summed E-state index contributed by atoms with van der Waals surface area (Å²) in [5.41, 5.74) is 0.566. The molecule has 1 atom stereocenters. The largest absolute Gasteiger partial charge is 0.357 e. The number of amides is 1. The van der Waals surface area contributed by atoms with Crippen LogP contribution in [0.1, 0.15) is 31.2 Å². The van der Waals surface area contributed by atoms with Crippen LogP contribution in [0, 0.1) is 22.7 Å². The molecule has 1 aromatic heterocycles. The van der Waals surface area contributed by atoms with Crippen molar-refractivity contribution in [2.75, 3.05) is 31.1 Å². The number of nitrogens with zero attached hydrogens (tertiary/aromatic N) is 5. The minimum Gasteiger partial charge on any atom is -0.357 e. The quantitative estimate of drug-likeness (QED) is 0.881. The van der Waals surface area contributed by atoms with E-state index < -0.39 is 0 Å². The highest BCUT2D eigenvalue weighted by molar-refractivity contribution is 5.79. The predicted octanol–water partition coefficient (Wildman–Crippen LogP) is 1.03. The number of likely N-dealkylation sites (tertiary alicyclic amines) is 1. The Bertz CT molecular complexity index is 681. The van der Waals surface area contributed by atoms with Crippen LogP contribution in [0.3, 0.4) is 0 Å². The fraction of sp³-hybridized carbons (Fsp3) is 0.556. The van der Waals surface area contributed by atoms with Gasteiger partial charge in [0.25, 0.3) is 0 Å². The highest BCUT2D eigenvalue weighted by Gasteiger charge is 2.29. The van der Waals surface area contributed by atoms with Gasteiger partial charge in [-0.25, -0.2) is 4.98 Å². The minimum atomic E-state index is -0.251. The molecule has 2 fully saturated rings. The van der Waals surface area contributed by atoms with Crippen LogP contribution in [0.5, 0.6) is 0 Å².